The molecule has 196 valence electrons. The lowest BCUT2D eigenvalue weighted by atomic mass is 9.87. The van der Waals surface area contributed by atoms with E-state index in [4.69, 9.17) is 28.4 Å². The lowest BCUT2D eigenvalue weighted by Crippen LogP contribution is -2.60. The standard InChI is InChI=1S/C24H28O12/c1-31-14-5-4-11(22(32-2)23(14)33-3)12-9-34-15-7-10(6-13(26)17(15)18(12)27)35-24-21(30)20(29)19(28)16(8-25)36-24/h4-7,12,16,19-21,24-26,28-30H,8-9H2,1-3H3. The van der Waals surface area contributed by atoms with Gasteiger partial charge < -0.3 is 54.0 Å². The van der Waals surface area contributed by atoms with Crippen LogP contribution in [0.1, 0.15) is 21.8 Å². The zero-order valence-electron chi connectivity index (χ0n) is 19.8. The van der Waals surface area contributed by atoms with E-state index in [-0.39, 0.29) is 23.7 Å². The fourth-order valence-electron chi connectivity index (χ4n) is 4.36. The Bertz CT molecular complexity index is 1120. The Labute approximate surface area is 206 Å². The van der Waals surface area contributed by atoms with Gasteiger partial charge in [0, 0.05) is 17.7 Å². The Morgan fingerprint density at radius 1 is 0.972 bits per heavy atom. The van der Waals surface area contributed by atoms with Crippen LogP contribution in [0, 0.1) is 0 Å². The van der Waals surface area contributed by atoms with Crippen LogP contribution in [0.5, 0.6) is 34.5 Å². The highest BCUT2D eigenvalue weighted by Gasteiger charge is 2.45. The number of ether oxygens (including phenoxy) is 6. The average molecular weight is 508 g/mol. The fourth-order valence-corrected chi connectivity index (χ4v) is 4.36. The van der Waals surface area contributed by atoms with E-state index in [0.29, 0.717) is 22.8 Å². The number of fused-ring (bicyclic) bond motifs is 1. The van der Waals surface area contributed by atoms with Crippen molar-refractivity contribution in [2.75, 3.05) is 34.5 Å². The second-order valence-electron chi connectivity index (χ2n) is 8.28. The predicted octanol–water partition coefficient (Wildman–Crippen LogP) is -0.0444. The van der Waals surface area contributed by atoms with Gasteiger partial charge in [-0.3, -0.25) is 4.79 Å². The molecule has 36 heavy (non-hydrogen) atoms. The second kappa shape index (κ2) is 10.4. The number of carbonyl (C=O) groups excluding carboxylic acids is 1. The van der Waals surface area contributed by atoms with Crippen molar-refractivity contribution in [1.29, 1.82) is 0 Å². The summed E-state index contributed by atoms with van der Waals surface area (Å²) in [5.41, 5.74) is 0.399. The quantitative estimate of drug-likeness (QED) is 0.338. The van der Waals surface area contributed by atoms with Gasteiger partial charge in [-0.15, -0.1) is 0 Å². The summed E-state index contributed by atoms with van der Waals surface area (Å²) in [5.74, 6) is -0.676. The van der Waals surface area contributed by atoms with E-state index in [0.717, 1.165) is 6.07 Å². The van der Waals surface area contributed by atoms with Crippen molar-refractivity contribution >= 4 is 5.78 Å². The summed E-state index contributed by atoms with van der Waals surface area (Å²) >= 11 is 0. The zero-order valence-corrected chi connectivity index (χ0v) is 19.8. The first-order valence-corrected chi connectivity index (χ1v) is 11.1. The molecule has 0 spiro atoms. The highest BCUT2D eigenvalue weighted by Crippen LogP contribution is 2.47. The minimum Gasteiger partial charge on any atom is -0.507 e. The Morgan fingerprint density at radius 3 is 2.33 bits per heavy atom. The molecule has 0 aromatic heterocycles. The molecular weight excluding hydrogens is 480 g/mol. The zero-order chi connectivity index (χ0) is 26.1. The van der Waals surface area contributed by atoms with Gasteiger partial charge >= 0.3 is 0 Å². The molecule has 0 radical (unpaired) electrons. The first-order chi connectivity index (χ1) is 17.2. The number of methoxy groups -OCH3 is 3. The molecular formula is C24H28O12. The van der Waals surface area contributed by atoms with Gasteiger partial charge in [-0.25, -0.2) is 0 Å². The highest BCUT2D eigenvalue weighted by molar-refractivity contribution is 6.07. The predicted molar refractivity (Wildman–Crippen MR) is 121 cm³/mol. The summed E-state index contributed by atoms with van der Waals surface area (Å²) in [4.78, 5) is 13.4. The largest absolute Gasteiger partial charge is 0.507 e. The number of rotatable bonds is 7. The molecule has 2 aromatic carbocycles. The van der Waals surface area contributed by atoms with E-state index in [1.165, 1.54) is 27.4 Å². The Hall–Kier alpha value is -3.29. The lowest BCUT2D eigenvalue weighted by molar-refractivity contribution is -0.277. The van der Waals surface area contributed by atoms with Gasteiger partial charge in [-0.1, -0.05) is 6.07 Å². The number of ketones is 1. The Balaban J connectivity index is 1.62. The number of phenols is 1. The van der Waals surface area contributed by atoms with Crippen LogP contribution in [-0.4, -0.2) is 96.6 Å². The van der Waals surface area contributed by atoms with Crippen LogP contribution >= 0.6 is 0 Å². The molecule has 4 rings (SSSR count). The van der Waals surface area contributed by atoms with E-state index in [2.05, 4.69) is 0 Å². The van der Waals surface area contributed by atoms with Crippen molar-refractivity contribution in [3.63, 3.8) is 0 Å². The number of Topliss-reactive ketones (excluding diaryl/α,β-unsaturated/α-hetero) is 1. The fraction of sp³-hybridized carbons (Fsp3) is 0.458. The molecule has 5 N–H and O–H groups in total. The number of aliphatic hydroxyl groups is 4. The maximum absolute atomic E-state index is 13.4. The van der Waals surface area contributed by atoms with Crippen LogP contribution < -0.4 is 23.7 Å². The molecule has 0 aliphatic carbocycles. The highest BCUT2D eigenvalue weighted by atomic mass is 16.7. The van der Waals surface area contributed by atoms with E-state index >= 15 is 0 Å². The smallest absolute Gasteiger partial charge is 0.229 e. The molecule has 6 unspecified atom stereocenters. The molecule has 0 saturated carbocycles. The van der Waals surface area contributed by atoms with Crippen LogP contribution in [0.25, 0.3) is 0 Å². The summed E-state index contributed by atoms with van der Waals surface area (Å²) in [6.07, 6.45) is -7.48. The van der Waals surface area contributed by atoms with Crippen molar-refractivity contribution in [3.05, 3.63) is 35.4 Å². The minimum atomic E-state index is -1.65. The third kappa shape index (κ3) is 4.38. The number of aromatic hydroxyl groups is 1. The van der Waals surface area contributed by atoms with Gasteiger partial charge in [0.15, 0.2) is 17.3 Å². The van der Waals surface area contributed by atoms with Crippen LogP contribution in [0.3, 0.4) is 0 Å². The maximum Gasteiger partial charge on any atom is 0.229 e. The van der Waals surface area contributed by atoms with Crippen molar-refractivity contribution in [2.24, 2.45) is 0 Å². The van der Waals surface area contributed by atoms with Gasteiger partial charge in [0.25, 0.3) is 0 Å². The summed E-state index contributed by atoms with van der Waals surface area (Å²) < 4.78 is 32.8. The average Bonchev–Trinajstić information content (AvgIpc) is 2.88. The maximum atomic E-state index is 13.4. The van der Waals surface area contributed by atoms with Crippen molar-refractivity contribution in [3.8, 4) is 34.5 Å². The van der Waals surface area contributed by atoms with Gasteiger partial charge in [-0.05, 0) is 6.07 Å². The van der Waals surface area contributed by atoms with Gasteiger partial charge in [0.05, 0.1) is 33.9 Å². The summed E-state index contributed by atoms with van der Waals surface area (Å²) in [6.45, 7) is -0.709. The van der Waals surface area contributed by atoms with Crippen LogP contribution in [0.15, 0.2) is 24.3 Å². The van der Waals surface area contributed by atoms with Gasteiger partial charge in [0.2, 0.25) is 12.0 Å². The summed E-state index contributed by atoms with van der Waals surface area (Å²) in [7, 11) is 4.36. The lowest BCUT2D eigenvalue weighted by Gasteiger charge is -2.39. The summed E-state index contributed by atoms with van der Waals surface area (Å²) in [6, 6.07) is 5.76. The number of hydrogen-bond donors (Lipinski definition) is 5. The molecule has 2 heterocycles. The summed E-state index contributed by atoms with van der Waals surface area (Å²) in [5, 5.41) is 50.1. The van der Waals surface area contributed by atoms with E-state index in [1.54, 1.807) is 12.1 Å². The van der Waals surface area contributed by atoms with Crippen molar-refractivity contribution in [1.82, 2.24) is 0 Å². The molecule has 1 fully saturated rings. The molecule has 0 bridgehead atoms. The topological polar surface area (TPSA) is 174 Å². The van der Waals surface area contributed by atoms with Crippen molar-refractivity contribution < 1.29 is 58.7 Å². The Kier molecular flexibility index (Phi) is 7.43. The first kappa shape index (κ1) is 25.8. The second-order valence-corrected chi connectivity index (χ2v) is 8.28. The van der Waals surface area contributed by atoms with Crippen LogP contribution in [0.4, 0.5) is 0 Å². The molecule has 2 aromatic rings. The molecule has 2 aliphatic heterocycles. The molecule has 0 amide bonds. The first-order valence-electron chi connectivity index (χ1n) is 11.1. The molecule has 12 nitrogen and oxygen atoms in total. The van der Waals surface area contributed by atoms with Crippen LogP contribution in [-0.2, 0) is 4.74 Å². The van der Waals surface area contributed by atoms with Crippen LogP contribution in [0.2, 0.25) is 0 Å². The number of carbonyl (C=O) groups is 1. The SMILES string of the molecule is COc1ccc(C2COc3cc(OC4OC(CO)C(O)C(O)C4O)cc(O)c3C2=O)c(OC)c1OC. The molecule has 2 aliphatic rings. The van der Waals surface area contributed by atoms with E-state index in [1.807, 2.05) is 0 Å². The number of hydrogen-bond acceptors (Lipinski definition) is 12. The third-order valence-electron chi connectivity index (χ3n) is 6.23. The van der Waals surface area contributed by atoms with Crippen molar-refractivity contribution in [2.45, 2.75) is 36.6 Å². The van der Waals surface area contributed by atoms with Gasteiger partial charge in [-0.2, -0.15) is 0 Å². The van der Waals surface area contributed by atoms with E-state index < -0.39 is 54.8 Å². The third-order valence-corrected chi connectivity index (χ3v) is 6.23. The minimum absolute atomic E-state index is 0.0365. The van der Waals surface area contributed by atoms with E-state index in [9.17, 15) is 30.3 Å². The normalized spacial score (nSPS) is 27.6. The number of benzene rings is 2. The Morgan fingerprint density at radius 2 is 1.69 bits per heavy atom. The number of phenolic OH excluding ortho intramolecular Hbond substituents is 1. The number of aliphatic hydroxyl groups excluding tert-OH is 4. The van der Waals surface area contributed by atoms with Gasteiger partial charge in [0.1, 0.15) is 53.8 Å². The molecule has 1 saturated heterocycles. The molecule has 12 heteroatoms. The monoisotopic (exact) mass is 508 g/mol. The molecule has 6 atom stereocenters.